The second-order valence-electron chi connectivity index (χ2n) is 16.7. The summed E-state index contributed by atoms with van der Waals surface area (Å²) >= 11 is 0. The summed E-state index contributed by atoms with van der Waals surface area (Å²) in [6.45, 7) is 6.47. The summed E-state index contributed by atoms with van der Waals surface area (Å²) in [6, 6.07) is 0. The SMILES string of the molecule is CC/C=C\C/C=C\C/C=C\CCCCCCC(=O)OC(COC(=O)CCCCCCC/C=C\CCCCC)COC(=O)CCCCCCC/C=C\CCCCCCCCC. The lowest BCUT2D eigenvalue weighted by atomic mass is 10.1. The summed E-state index contributed by atoms with van der Waals surface area (Å²) in [4.78, 5) is 37.9. The third kappa shape index (κ3) is 46.2. The van der Waals surface area contributed by atoms with E-state index in [9.17, 15) is 14.4 Å². The van der Waals surface area contributed by atoms with Crippen LogP contribution in [0.25, 0.3) is 0 Å². The molecule has 0 amide bonds. The fourth-order valence-corrected chi connectivity index (χ4v) is 6.92. The van der Waals surface area contributed by atoms with Crippen molar-refractivity contribution in [3.05, 3.63) is 60.8 Å². The van der Waals surface area contributed by atoms with E-state index in [0.717, 1.165) is 103 Å². The van der Waals surface area contributed by atoms with Gasteiger partial charge in [-0.25, -0.2) is 0 Å². The number of unbranched alkanes of at least 4 members (excludes halogenated alkanes) is 24. The van der Waals surface area contributed by atoms with Crippen LogP contribution in [0.4, 0.5) is 0 Å². The van der Waals surface area contributed by atoms with Gasteiger partial charge in [0.1, 0.15) is 13.2 Å². The molecule has 0 bridgehead atoms. The van der Waals surface area contributed by atoms with Gasteiger partial charge in [0.25, 0.3) is 0 Å². The molecular formula is C54H94O6. The van der Waals surface area contributed by atoms with Crippen LogP contribution >= 0.6 is 0 Å². The van der Waals surface area contributed by atoms with Crippen LogP contribution in [0.3, 0.4) is 0 Å². The van der Waals surface area contributed by atoms with Crippen molar-refractivity contribution >= 4 is 17.9 Å². The van der Waals surface area contributed by atoms with Crippen molar-refractivity contribution in [2.75, 3.05) is 13.2 Å². The van der Waals surface area contributed by atoms with Crippen LogP contribution in [0, 0.1) is 0 Å². The molecule has 0 aromatic carbocycles. The van der Waals surface area contributed by atoms with Crippen molar-refractivity contribution in [3.8, 4) is 0 Å². The van der Waals surface area contributed by atoms with E-state index in [1.165, 1.54) is 103 Å². The predicted molar refractivity (Wildman–Crippen MR) is 256 cm³/mol. The van der Waals surface area contributed by atoms with Crippen molar-refractivity contribution in [2.24, 2.45) is 0 Å². The molecule has 1 unspecified atom stereocenters. The molecule has 0 aliphatic heterocycles. The van der Waals surface area contributed by atoms with Crippen molar-refractivity contribution in [3.63, 3.8) is 0 Å². The largest absolute Gasteiger partial charge is 0.462 e. The van der Waals surface area contributed by atoms with Gasteiger partial charge >= 0.3 is 17.9 Å². The first-order valence-electron chi connectivity index (χ1n) is 25.3. The molecule has 0 aromatic rings. The Hall–Kier alpha value is -2.89. The van der Waals surface area contributed by atoms with E-state index < -0.39 is 6.10 Å². The summed E-state index contributed by atoms with van der Waals surface area (Å²) < 4.78 is 16.7. The highest BCUT2D eigenvalue weighted by Gasteiger charge is 2.19. The Bertz CT molecular complexity index is 1100. The number of carbonyl (C=O) groups is 3. The summed E-state index contributed by atoms with van der Waals surface area (Å²) in [7, 11) is 0. The normalized spacial score (nSPS) is 12.5. The van der Waals surface area contributed by atoms with Crippen LogP contribution < -0.4 is 0 Å². The Morgan fingerprint density at radius 2 is 0.650 bits per heavy atom. The molecule has 0 aliphatic rings. The predicted octanol–water partition coefficient (Wildman–Crippen LogP) is 16.5. The number of hydrogen-bond donors (Lipinski definition) is 0. The molecule has 6 heteroatoms. The van der Waals surface area contributed by atoms with E-state index >= 15 is 0 Å². The Labute approximate surface area is 370 Å². The minimum Gasteiger partial charge on any atom is -0.462 e. The molecule has 0 aliphatic carbocycles. The van der Waals surface area contributed by atoms with Crippen LogP contribution in [0.5, 0.6) is 0 Å². The van der Waals surface area contributed by atoms with Crippen molar-refractivity contribution in [2.45, 2.75) is 252 Å². The van der Waals surface area contributed by atoms with Gasteiger partial charge in [-0.2, -0.15) is 0 Å². The number of esters is 3. The summed E-state index contributed by atoms with van der Waals surface area (Å²) in [5.74, 6) is -0.928. The highest BCUT2D eigenvalue weighted by Crippen LogP contribution is 2.14. The van der Waals surface area contributed by atoms with E-state index in [2.05, 4.69) is 81.5 Å². The molecule has 0 saturated heterocycles. The average Bonchev–Trinajstić information content (AvgIpc) is 3.24. The molecule has 0 radical (unpaired) electrons. The summed E-state index contributed by atoms with van der Waals surface area (Å²) in [5.41, 5.74) is 0. The third-order valence-corrected chi connectivity index (χ3v) is 10.7. The van der Waals surface area contributed by atoms with Crippen LogP contribution in [0.1, 0.15) is 245 Å². The highest BCUT2D eigenvalue weighted by atomic mass is 16.6. The number of carbonyl (C=O) groups excluding carboxylic acids is 3. The van der Waals surface area contributed by atoms with Gasteiger partial charge in [-0.3, -0.25) is 14.4 Å². The van der Waals surface area contributed by atoms with Crippen LogP contribution in [-0.2, 0) is 28.6 Å². The van der Waals surface area contributed by atoms with Gasteiger partial charge in [0, 0.05) is 19.3 Å². The first kappa shape index (κ1) is 57.1. The second-order valence-corrected chi connectivity index (χ2v) is 16.7. The first-order chi connectivity index (χ1) is 29.5. The van der Waals surface area contributed by atoms with Crippen LogP contribution in [0.15, 0.2) is 60.8 Å². The standard InChI is InChI=1S/C54H94O6/c1-4-7-10-13-16-19-22-25-27-28-30-32-35-38-41-44-47-53(56)59-50-51(49-58-52(55)46-43-40-37-34-31-24-21-18-15-12-9-6-3)60-54(57)48-45-42-39-36-33-29-26-23-20-17-14-11-8-5-2/h8,11,17-18,20-21,26-29,51H,4-7,9-10,12-16,19,22-25,30-50H2,1-3H3/b11-8-,20-17-,21-18-,28-27-,29-26-. The second kappa shape index (κ2) is 48.8. The molecule has 0 aromatic heterocycles. The topological polar surface area (TPSA) is 78.9 Å². The van der Waals surface area contributed by atoms with Crippen molar-refractivity contribution in [1.82, 2.24) is 0 Å². The lowest BCUT2D eigenvalue weighted by molar-refractivity contribution is -0.167. The van der Waals surface area contributed by atoms with Gasteiger partial charge in [-0.15, -0.1) is 0 Å². The van der Waals surface area contributed by atoms with Crippen LogP contribution in [-0.4, -0.2) is 37.2 Å². The maximum atomic E-state index is 12.8. The molecule has 0 spiro atoms. The maximum absolute atomic E-state index is 12.8. The average molecular weight is 839 g/mol. The van der Waals surface area contributed by atoms with Gasteiger partial charge in [0.2, 0.25) is 0 Å². The van der Waals surface area contributed by atoms with Gasteiger partial charge in [0.05, 0.1) is 0 Å². The van der Waals surface area contributed by atoms with E-state index in [0.29, 0.717) is 19.3 Å². The number of hydrogen-bond acceptors (Lipinski definition) is 6. The van der Waals surface area contributed by atoms with Gasteiger partial charge in [-0.05, 0) is 103 Å². The highest BCUT2D eigenvalue weighted by molar-refractivity contribution is 5.71. The zero-order valence-corrected chi connectivity index (χ0v) is 39.5. The number of ether oxygens (including phenoxy) is 3. The monoisotopic (exact) mass is 839 g/mol. The fraction of sp³-hybridized carbons (Fsp3) is 0.759. The Balaban J connectivity index is 4.42. The fourth-order valence-electron chi connectivity index (χ4n) is 6.92. The zero-order valence-electron chi connectivity index (χ0n) is 39.5. The van der Waals surface area contributed by atoms with E-state index in [-0.39, 0.29) is 31.1 Å². The molecule has 0 rings (SSSR count). The lowest BCUT2D eigenvalue weighted by Crippen LogP contribution is -2.30. The molecule has 0 saturated carbocycles. The maximum Gasteiger partial charge on any atom is 0.306 e. The minimum absolute atomic E-state index is 0.0902. The van der Waals surface area contributed by atoms with E-state index in [4.69, 9.17) is 14.2 Å². The molecule has 60 heavy (non-hydrogen) atoms. The van der Waals surface area contributed by atoms with Gasteiger partial charge < -0.3 is 14.2 Å². The van der Waals surface area contributed by atoms with Crippen molar-refractivity contribution in [1.29, 1.82) is 0 Å². The molecule has 6 nitrogen and oxygen atoms in total. The Morgan fingerprint density at radius 1 is 0.350 bits per heavy atom. The quantitative estimate of drug-likeness (QED) is 0.0263. The molecule has 0 N–H and O–H groups in total. The lowest BCUT2D eigenvalue weighted by Gasteiger charge is -2.18. The van der Waals surface area contributed by atoms with Crippen LogP contribution in [0.2, 0.25) is 0 Å². The Kier molecular flexibility index (Phi) is 46.4. The molecular weight excluding hydrogens is 745 g/mol. The first-order valence-corrected chi connectivity index (χ1v) is 25.3. The summed E-state index contributed by atoms with van der Waals surface area (Å²) in [6.07, 6.45) is 59.1. The third-order valence-electron chi connectivity index (χ3n) is 10.7. The zero-order chi connectivity index (χ0) is 43.7. The van der Waals surface area contributed by atoms with Crippen molar-refractivity contribution < 1.29 is 28.6 Å². The summed E-state index contributed by atoms with van der Waals surface area (Å²) in [5, 5.41) is 0. The molecule has 0 heterocycles. The minimum atomic E-state index is -0.791. The Morgan fingerprint density at radius 3 is 1.07 bits per heavy atom. The molecule has 0 fully saturated rings. The molecule has 1 atom stereocenters. The number of allylic oxidation sites excluding steroid dienone is 10. The molecule has 346 valence electrons. The van der Waals surface area contributed by atoms with Gasteiger partial charge in [0.15, 0.2) is 6.10 Å². The van der Waals surface area contributed by atoms with Gasteiger partial charge in [-0.1, -0.05) is 184 Å². The van der Waals surface area contributed by atoms with E-state index in [1.54, 1.807) is 0 Å². The smallest absolute Gasteiger partial charge is 0.306 e. The number of rotatable bonds is 45. The van der Waals surface area contributed by atoms with E-state index in [1.807, 2.05) is 0 Å².